The second-order valence-corrected chi connectivity index (χ2v) is 10.7. The van der Waals surface area contributed by atoms with Crippen LogP contribution in [0, 0.1) is 13.8 Å². The molecule has 0 aliphatic rings. The summed E-state index contributed by atoms with van der Waals surface area (Å²) in [5.74, 6) is 0. The number of hydrogen-bond acceptors (Lipinski definition) is 1. The first-order chi connectivity index (χ1) is 13.7. The van der Waals surface area contributed by atoms with Gasteiger partial charge in [-0.3, -0.25) is 4.98 Å². The minimum Gasteiger partial charge on any atom is -1.00 e. The molecule has 0 N–H and O–H groups in total. The molecule has 0 spiro atoms. The molecule has 0 radical (unpaired) electrons. The summed E-state index contributed by atoms with van der Waals surface area (Å²) in [7, 11) is -1.86. The first kappa shape index (κ1) is 21.2. The first-order valence-corrected chi connectivity index (χ1v) is 11.7. The quantitative estimate of drug-likeness (QED) is 0.454. The standard InChI is InChI=1S/C26H25NP.ClH/c1-21-18-19-23(22(2)27-21)20-28(24-12-6-3-7-13-24,25-14-8-4-9-15-25)26-16-10-5-11-17-26;/h3-19H,20H2,1-2H3;1H/q+1;/p-1. The highest BCUT2D eigenvalue weighted by molar-refractivity contribution is 7.95. The topological polar surface area (TPSA) is 12.9 Å². The van der Waals surface area contributed by atoms with Crippen LogP contribution in [0.15, 0.2) is 103 Å². The van der Waals surface area contributed by atoms with E-state index in [1.165, 1.54) is 21.5 Å². The van der Waals surface area contributed by atoms with Crippen molar-refractivity contribution >= 4 is 23.2 Å². The van der Waals surface area contributed by atoms with Crippen LogP contribution in [-0.4, -0.2) is 4.98 Å². The van der Waals surface area contributed by atoms with Gasteiger partial charge < -0.3 is 12.4 Å². The Morgan fingerprint density at radius 2 is 1.00 bits per heavy atom. The van der Waals surface area contributed by atoms with E-state index in [9.17, 15) is 0 Å². The van der Waals surface area contributed by atoms with E-state index in [0.717, 1.165) is 17.5 Å². The molecule has 3 heteroatoms. The van der Waals surface area contributed by atoms with Crippen molar-refractivity contribution in [1.29, 1.82) is 0 Å². The number of benzene rings is 3. The molecule has 29 heavy (non-hydrogen) atoms. The van der Waals surface area contributed by atoms with Crippen LogP contribution in [0.5, 0.6) is 0 Å². The maximum absolute atomic E-state index is 4.76. The van der Waals surface area contributed by atoms with Crippen molar-refractivity contribution in [3.63, 3.8) is 0 Å². The van der Waals surface area contributed by atoms with Crippen LogP contribution >= 0.6 is 7.26 Å². The van der Waals surface area contributed by atoms with Gasteiger partial charge >= 0.3 is 0 Å². The summed E-state index contributed by atoms with van der Waals surface area (Å²) in [6.45, 7) is 4.20. The average molecular weight is 418 g/mol. The molecule has 0 saturated carbocycles. The van der Waals surface area contributed by atoms with E-state index >= 15 is 0 Å². The van der Waals surface area contributed by atoms with Crippen molar-refractivity contribution < 1.29 is 12.4 Å². The van der Waals surface area contributed by atoms with Gasteiger partial charge in [0.2, 0.25) is 0 Å². The second kappa shape index (κ2) is 9.35. The lowest BCUT2D eigenvalue weighted by molar-refractivity contribution is -0.00000573. The fourth-order valence-electron chi connectivity index (χ4n) is 3.91. The van der Waals surface area contributed by atoms with E-state index in [0.29, 0.717) is 0 Å². The SMILES string of the molecule is Cc1ccc(C[P+](c2ccccc2)(c2ccccc2)c2ccccc2)c(C)n1.[Cl-]. The molecular formula is C26H25ClNP. The molecule has 1 aromatic heterocycles. The second-order valence-electron chi connectivity index (χ2n) is 7.17. The van der Waals surface area contributed by atoms with Gasteiger partial charge in [0.1, 0.15) is 29.3 Å². The van der Waals surface area contributed by atoms with E-state index in [1.807, 2.05) is 0 Å². The highest BCUT2D eigenvalue weighted by Gasteiger charge is 2.45. The summed E-state index contributed by atoms with van der Waals surface area (Å²) < 4.78 is 0. The Hall–Kier alpha value is -2.47. The van der Waals surface area contributed by atoms with E-state index in [-0.39, 0.29) is 12.4 Å². The van der Waals surface area contributed by atoms with Crippen molar-refractivity contribution in [2.24, 2.45) is 0 Å². The van der Waals surface area contributed by atoms with Gasteiger partial charge in [-0.05, 0) is 56.3 Å². The van der Waals surface area contributed by atoms with Crippen LogP contribution in [0.4, 0.5) is 0 Å². The molecule has 0 bridgehead atoms. The van der Waals surface area contributed by atoms with Gasteiger partial charge in [-0.1, -0.05) is 60.7 Å². The summed E-state index contributed by atoms with van der Waals surface area (Å²) in [6, 6.07) is 37.5. The normalized spacial score (nSPS) is 11.0. The summed E-state index contributed by atoms with van der Waals surface area (Å²) in [5, 5.41) is 4.23. The number of hydrogen-bond donors (Lipinski definition) is 0. The highest BCUT2D eigenvalue weighted by atomic mass is 35.5. The third-order valence-corrected chi connectivity index (χ3v) is 9.69. The van der Waals surface area contributed by atoms with E-state index in [4.69, 9.17) is 4.98 Å². The Bertz CT molecular complexity index is 953. The minimum absolute atomic E-state index is 0. The van der Waals surface area contributed by atoms with Crippen LogP contribution in [0.1, 0.15) is 17.0 Å². The van der Waals surface area contributed by atoms with Gasteiger partial charge in [-0.25, -0.2) is 0 Å². The molecule has 1 heterocycles. The maximum atomic E-state index is 4.76. The lowest BCUT2D eigenvalue weighted by Gasteiger charge is -2.28. The van der Waals surface area contributed by atoms with Crippen molar-refractivity contribution in [2.75, 3.05) is 0 Å². The fourth-order valence-corrected chi connectivity index (χ4v) is 8.24. The third kappa shape index (κ3) is 4.27. The minimum atomic E-state index is -1.86. The molecule has 0 amide bonds. The van der Waals surface area contributed by atoms with Gasteiger partial charge in [-0.2, -0.15) is 0 Å². The average Bonchev–Trinajstić information content (AvgIpc) is 2.75. The van der Waals surface area contributed by atoms with Crippen LogP contribution in [0.2, 0.25) is 0 Å². The summed E-state index contributed by atoms with van der Waals surface area (Å²) >= 11 is 0. The van der Waals surface area contributed by atoms with Crippen LogP contribution in [0.25, 0.3) is 0 Å². The van der Waals surface area contributed by atoms with E-state index < -0.39 is 7.26 Å². The van der Waals surface area contributed by atoms with Crippen LogP contribution in [-0.2, 0) is 6.16 Å². The van der Waals surface area contributed by atoms with Gasteiger partial charge in [0.15, 0.2) is 0 Å². The number of pyridine rings is 1. The molecule has 4 aromatic rings. The van der Waals surface area contributed by atoms with Gasteiger partial charge in [0.25, 0.3) is 0 Å². The molecular weight excluding hydrogens is 393 g/mol. The molecule has 1 nitrogen and oxygen atoms in total. The summed E-state index contributed by atoms with van der Waals surface area (Å²) in [6.07, 6.45) is 0.976. The van der Waals surface area contributed by atoms with Gasteiger partial charge in [0.05, 0.1) is 0 Å². The molecule has 3 aromatic carbocycles. The third-order valence-electron chi connectivity index (χ3n) is 5.33. The molecule has 0 aliphatic carbocycles. The molecule has 0 fully saturated rings. The van der Waals surface area contributed by atoms with Crippen molar-refractivity contribution in [1.82, 2.24) is 4.98 Å². The molecule has 146 valence electrons. The smallest absolute Gasteiger partial charge is 0.116 e. The number of nitrogens with zero attached hydrogens (tertiary/aromatic N) is 1. The number of aromatic nitrogens is 1. The molecule has 0 unspecified atom stereocenters. The van der Waals surface area contributed by atoms with Crippen molar-refractivity contribution in [3.05, 3.63) is 120 Å². The molecule has 0 saturated heterocycles. The zero-order valence-electron chi connectivity index (χ0n) is 16.8. The van der Waals surface area contributed by atoms with Crippen molar-refractivity contribution in [3.8, 4) is 0 Å². The van der Waals surface area contributed by atoms with Gasteiger partial charge in [-0.15, -0.1) is 0 Å². The predicted molar refractivity (Wildman–Crippen MR) is 123 cm³/mol. The largest absolute Gasteiger partial charge is 1.00 e. The Kier molecular flexibility index (Phi) is 6.85. The summed E-state index contributed by atoms with van der Waals surface area (Å²) in [5.41, 5.74) is 3.53. The number of rotatable bonds is 5. The van der Waals surface area contributed by atoms with Crippen molar-refractivity contribution in [2.45, 2.75) is 20.0 Å². The molecule has 0 atom stereocenters. The fraction of sp³-hybridized carbons (Fsp3) is 0.115. The van der Waals surface area contributed by atoms with Crippen LogP contribution < -0.4 is 28.3 Å². The lowest BCUT2D eigenvalue weighted by atomic mass is 10.2. The lowest BCUT2D eigenvalue weighted by Crippen LogP contribution is -3.00. The molecule has 0 aliphatic heterocycles. The Balaban J connectivity index is 0.00000240. The monoisotopic (exact) mass is 417 g/mol. The van der Waals surface area contributed by atoms with E-state index in [1.54, 1.807) is 0 Å². The Morgan fingerprint density at radius 1 is 0.586 bits per heavy atom. The zero-order valence-corrected chi connectivity index (χ0v) is 18.4. The van der Waals surface area contributed by atoms with Gasteiger partial charge in [0, 0.05) is 17.0 Å². The predicted octanol–water partition coefficient (Wildman–Crippen LogP) is 2.20. The maximum Gasteiger partial charge on any atom is 0.116 e. The Labute approximate surface area is 180 Å². The highest BCUT2D eigenvalue weighted by Crippen LogP contribution is 2.58. The summed E-state index contributed by atoms with van der Waals surface area (Å²) in [4.78, 5) is 4.76. The Morgan fingerprint density at radius 3 is 1.38 bits per heavy atom. The number of halogens is 1. The first-order valence-electron chi connectivity index (χ1n) is 9.68. The molecule has 4 rings (SSSR count). The number of aryl methyl sites for hydroxylation is 2. The van der Waals surface area contributed by atoms with Crippen LogP contribution in [0.3, 0.4) is 0 Å². The zero-order chi connectivity index (χ0) is 19.4. The van der Waals surface area contributed by atoms with E-state index in [2.05, 4.69) is 117 Å².